The molecule has 0 aliphatic carbocycles. The summed E-state index contributed by atoms with van der Waals surface area (Å²) in [5.74, 6) is -0.217. The minimum Gasteiger partial charge on any atom is -0.756 e. The first-order valence-corrected chi connectivity index (χ1v) is 35.5. The normalized spacial score (nSPS) is 14.5. The SMILES string of the molecule is CC/C=C\C/C=C\C/C=C\C/C=C\C/C=C\C/C=C\C/C=C\C/C=C\CCCCCCCCCCCCCCC(=O)NC(COP(=O)([O-])OCC[N+](C)(C)C)C(O)/C=C/CC/C=C/CC/C=C/CCCCCCCCCCCCCCCC. The summed E-state index contributed by atoms with van der Waals surface area (Å²) in [4.78, 5) is 25.6. The Morgan fingerprint density at radius 3 is 1.12 bits per heavy atom. The largest absolute Gasteiger partial charge is 0.756 e. The summed E-state index contributed by atoms with van der Waals surface area (Å²) in [6, 6.07) is -0.921. The van der Waals surface area contributed by atoms with Gasteiger partial charge in [0.2, 0.25) is 5.91 Å². The van der Waals surface area contributed by atoms with Gasteiger partial charge in [-0.25, -0.2) is 0 Å². The average molecular weight is 1170 g/mol. The fourth-order valence-corrected chi connectivity index (χ4v) is 10.0. The van der Waals surface area contributed by atoms with Crippen molar-refractivity contribution in [3.63, 3.8) is 0 Å². The van der Waals surface area contributed by atoms with Gasteiger partial charge in [-0.2, -0.15) is 0 Å². The molecule has 0 heterocycles. The van der Waals surface area contributed by atoms with Crippen molar-refractivity contribution < 1.29 is 32.9 Å². The minimum atomic E-state index is -4.62. The molecule has 0 spiro atoms. The van der Waals surface area contributed by atoms with Gasteiger partial charge in [0, 0.05) is 6.42 Å². The Morgan fingerprint density at radius 2 is 0.747 bits per heavy atom. The van der Waals surface area contributed by atoms with Crippen LogP contribution in [0.15, 0.2) is 134 Å². The lowest BCUT2D eigenvalue weighted by atomic mass is 10.0. The predicted octanol–water partition coefficient (Wildman–Crippen LogP) is 21.2. The molecular formula is C74H129N2O6P. The summed E-state index contributed by atoms with van der Waals surface area (Å²) in [6.45, 7) is 4.51. The third-order valence-electron chi connectivity index (χ3n) is 14.6. The highest BCUT2D eigenvalue weighted by molar-refractivity contribution is 7.45. The number of likely N-dealkylation sites (N-methyl/N-ethyl adjacent to an activating group) is 1. The highest BCUT2D eigenvalue weighted by atomic mass is 31.2. The van der Waals surface area contributed by atoms with E-state index in [-0.39, 0.29) is 12.5 Å². The Morgan fingerprint density at radius 1 is 0.434 bits per heavy atom. The molecule has 0 aromatic heterocycles. The molecule has 0 saturated heterocycles. The average Bonchev–Trinajstić information content (AvgIpc) is 3.50. The van der Waals surface area contributed by atoms with E-state index in [9.17, 15) is 19.4 Å². The molecular weight excluding hydrogens is 1040 g/mol. The lowest BCUT2D eigenvalue weighted by Gasteiger charge is -2.29. The fraction of sp³-hybridized carbons (Fsp3) is 0.689. The summed E-state index contributed by atoms with van der Waals surface area (Å²) in [6.07, 6.45) is 95.6. The molecule has 0 aliphatic rings. The van der Waals surface area contributed by atoms with E-state index < -0.39 is 26.6 Å². The molecule has 476 valence electrons. The van der Waals surface area contributed by atoms with E-state index >= 15 is 0 Å². The van der Waals surface area contributed by atoms with Crippen molar-refractivity contribution in [2.45, 2.75) is 289 Å². The molecule has 0 rings (SSSR count). The quantitative estimate of drug-likeness (QED) is 0.0272. The second-order valence-corrected chi connectivity index (χ2v) is 25.2. The number of rotatable bonds is 61. The number of allylic oxidation sites excluding steroid dienone is 21. The number of hydrogen-bond acceptors (Lipinski definition) is 6. The van der Waals surface area contributed by atoms with Crippen molar-refractivity contribution in [3.8, 4) is 0 Å². The van der Waals surface area contributed by atoms with Gasteiger partial charge in [-0.05, 0) is 109 Å². The highest BCUT2D eigenvalue weighted by Gasteiger charge is 2.23. The van der Waals surface area contributed by atoms with Crippen LogP contribution in [0, 0.1) is 0 Å². The maximum absolute atomic E-state index is 13.0. The van der Waals surface area contributed by atoms with Crippen LogP contribution in [0.1, 0.15) is 277 Å². The van der Waals surface area contributed by atoms with Crippen LogP contribution in [0.2, 0.25) is 0 Å². The van der Waals surface area contributed by atoms with E-state index in [0.29, 0.717) is 17.4 Å². The van der Waals surface area contributed by atoms with Crippen LogP contribution < -0.4 is 10.2 Å². The second-order valence-electron chi connectivity index (χ2n) is 23.8. The monoisotopic (exact) mass is 1170 g/mol. The molecule has 0 aromatic carbocycles. The Hall–Kier alpha value is -3.36. The van der Waals surface area contributed by atoms with Crippen LogP contribution in [-0.2, 0) is 18.4 Å². The first-order valence-electron chi connectivity index (χ1n) is 34.0. The number of aliphatic hydroxyl groups excluding tert-OH is 1. The van der Waals surface area contributed by atoms with E-state index in [1.54, 1.807) is 6.08 Å². The standard InChI is InChI=1S/C74H129N2O6P/c1-6-8-10-12-14-16-18-20-22-24-26-28-30-32-33-34-35-36-37-38-39-40-41-42-43-44-46-48-50-52-54-56-58-60-62-64-66-68-74(78)75-72(71-82-83(79,80)81-70-69-76(3,4)5)73(77)67-65-63-61-59-57-55-53-51-49-47-45-31-29-27-25-23-21-19-17-15-13-11-9-7-2/h8,10,14,16,20,22,26,28,32-33,35-36,38-39,41-42,49,51,57,59,65,67,72-73,77H,6-7,9,11-13,15,17-19,21,23-25,27,29-31,34,37,40,43-48,50,52-56,58,60-64,66,68-71H2,1-5H3,(H-,75,78,79,80)/b10-8-,16-14-,22-20-,28-26-,33-32-,36-35-,39-38-,42-41-,51-49+,59-57+,67-65+. The molecule has 0 radical (unpaired) electrons. The van der Waals surface area contributed by atoms with E-state index in [2.05, 4.69) is 141 Å². The Kier molecular flexibility index (Phi) is 60.6. The first kappa shape index (κ1) is 79.6. The molecule has 3 unspecified atom stereocenters. The van der Waals surface area contributed by atoms with Crippen LogP contribution in [0.5, 0.6) is 0 Å². The number of carbonyl (C=O) groups excluding carboxylic acids is 1. The first-order chi connectivity index (χ1) is 40.5. The van der Waals surface area contributed by atoms with Crippen molar-refractivity contribution in [1.29, 1.82) is 0 Å². The highest BCUT2D eigenvalue weighted by Crippen LogP contribution is 2.38. The Labute approximate surface area is 513 Å². The molecule has 1 amide bonds. The van der Waals surface area contributed by atoms with Gasteiger partial charge in [-0.3, -0.25) is 9.36 Å². The third-order valence-corrected chi connectivity index (χ3v) is 15.5. The number of phosphoric ester groups is 1. The van der Waals surface area contributed by atoms with Gasteiger partial charge < -0.3 is 28.8 Å². The van der Waals surface area contributed by atoms with Gasteiger partial charge in [0.25, 0.3) is 7.82 Å². The van der Waals surface area contributed by atoms with Gasteiger partial charge in [0.05, 0.1) is 39.9 Å². The van der Waals surface area contributed by atoms with Crippen molar-refractivity contribution in [1.82, 2.24) is 5.32 Å². The molecule has 0 bridgehead atoms. The zero-order valence-corrected chi connectivity index (χ0v) is 55.2. The number of aliphatic hydroxyl groups is 1. The molecule has 9 heteroatoms. The van der Waals surface area contributed by atoms with Gasteiger partial charge in [0.1, 0.15) is 13.2 Å². The predicted molar refractivity (Wildman–Crippen MR) is 362 cm³/mol. The summed E-state index contributed by atoms with van der Waals surface area (Å²) >= 11 is 0. The molecule has 2 N–H and O–H groups in total. The van der Waals surface area contributed by atoms with Crippen molar-refractivity contribution in [3.05, 3.63) is 134 Å². The van der Waals surface area contributed by atoms with E-state index in [1.165, 1.54) is 161 Å². The number of hydrogen-bond donors (Lipinski definition) is 2. The number of amides is 1. The topological polar surface area (TPSA) is 108 Å². The van der Waals surface area contributed by atoms with E-state index in [4.69, 9.17) is 9.05 Å². The smallest absolute Gasteiger partial charge is 0.268 e. The van der Waals surface area contributed by atoms with Crippen LogP contribution in [0.3, 0.4) is 0 Å². The summed E-state index contributed by atoms with van der Waals surface area (Å²) in [5, 5.41) is 13.9. The minimum absolute atomic E-state index is 0.0150. The lowest BCUT2D eigenvalue weighted by Crippen LogP contribution is -2.45. The third kappa shape index (κ3) is 66.0. The molecule has 0 saturated carbocycles. The van der Waals surface area contributed by atoms with Crippen molar-refractivity contribution >= 4 is 13.7 Å². The molecule has 8 nitrogen and oxygen atoms in total. The molecule has 0 fully saturated rings. The number of phosphoric acid groups is 1. The number of nitrogens with one attached hydrogen (secondary N) is 1. The number of nitrogens with zero attached hydrogens (tertiary/aromatic N) is 1. The van der Waals surface area contributed by atoms with Crippen LogP contribution in [0.25, 0.3) is 0 Å². The summed E-state index contributed by atoms with van der Waals surface area (Å²) in [7, 11) is 1.22. The molecule has 0 aromatic rings. The maximum Gasteiger partial charge on any atom is 0.268 e. The Bertz CT molecular complexity index is 1810. The Balaban J connectivity index is 4.17. The molecule has 0 aliphatic heterocycles. The molecule has 3 atom stereocenters. The number of carbonyl (C=O) groups is 1. The zero-order chi connectivity index (χ0) is 60.5. The summed E-state index contributed by atoms with van der Waals surface area (Å²) < 4.78 is 23.4. The summed E-state index contributed by atoms with van der Waals surface area (Å²) in [5.41, 5.74) is 0. The van der Waals surface area contributed by atoms with Gasteiger partial charge >= 0.3 is 0 Å². The van der Waals surface area contributed by atoms with E-state index in [0.717, 1.165) is 96.3 Å². The molecule has 83 heavy (non-hydrogen) atoms. The van der Waals surface area contributed by atoms with Gasteiger partial charge in [-0.1, -0.05) is 295 Å². The van der Waals surface area contributed by atoms with Crippen LogP contribution in [-0.4, -0.2) is 68.5 Å². The van der Waals surface area contributed by atoms with Gasteiger partial charge in [0.15, 0.2) is 0 Å². The van der Waals surface area contributed by atoms with E-state index in [1.807, 2.05) is 27.2 Å². The van der Waals surface area contributed by atoms with Gasteiger partial charge in [-0.15, -0.1) is 0 Å². The maximum atomic E-state index is 13.0. The fourth-order valence-electron chi connectivity index (χ4n) is 9.32. The lowest BCUT2D eigenvalue weighted by molar-refractivity contribution is -0.870. The second kappa shape index (κ2) is 63.2. The number of quaternary nitrogens is 1. The zero-order valence-electron chi connectivity index (χ0n) is 54.4. The van der Waals surface area contributed by atoms with Crippen molar-refractivity contribution in [2.75, 3.05) is 40.9 Å². The van der Waals surface area contributed by atoms with Crippen molar-refractivity contribution in [2.24, 2.45) is 0 Å². The van der Waals surface area contributed by atoms with Crippen LogP contribution >= 0.6 is 7.82 Å². The number of unbranched alkanes of at least 4 members (excludes halogenated alkanes) is 28. The van der Waals surface area contributed by atoms with Crippen LogP contribution in [0.4, 0.5) is 0 Å².